The zero-order chi connectivity index (χ0) is 14.6. The zero-order valence-corrected chi connectivity index (χ0v) is 12.4. The first-order valence-electron chi connectivity index (χ1n) is 5.61. The molecule has 0 aliphatic heterocycles. The van der Waals surface area contributed by atoms with Gasteiger partial charge in [0.15, 0.2) is 6.10 Å². The summed E-state index contributed by atoms with van der Waals surface area (Å²) in [4.78, 5) is 13.2. The average Bonchev–Trinajstić information content (AvgIpc) is 2.38. The van der Waals surface area contributed by atoms with E-state index in [1.807, 2.05) is 6.07 Å². The second-order valence-corrected chi connectivity index (χ2v) is 4.88. The van der Waals surface area contributed by atoms with Crippen molar-refractivity contribution >= 4 is 29.1 Å². The topological polar surface area (TPSA) is 53.3 Å². The summed E-state index contributed by atoms with van der Waals surface area (Å²) in [6.07, 6.45) is -0.726. The molecule has 0 fully saturated rings. The lowest BCUT2D eigenvalue weighted by Gasteiger charge is -2.20. The highest BCUT2D eigenvalue weighted by atomic mass is 35.5. The van der Waals surface area contributed by atoms with Crippen molar-refractivity contribution in [3.05, 3.63) is 27.7 Å². The number of likely N-dealkylation sites (N-methyl/N-ethyl adjacent to an activating group) is 1. The molecule has 1 aromatic rings. The monoisotopic (exact) mass is 300 g/mol. The molecule has 102 valence electrons. The summed E-state index contributed by atoms with van der Waals surface area (Å²) in [5.41, 5.74) is 0.700. The fraction of sp³-hybridized carbons (Fsp3) is 0.385. The molecule has 4 nitrogen and oxygen atoms in total. The van der Waals surface area contributed by atoms with Gasteiger partial charge in [-0.25, -0.2) is 0 Å². The van der Waals surface area contributed by atoms with Crippen molar-refractivity contribution in [1.29, 1.82) is 5.26 Å². The molecule has 19 heavy (non-hydrogen) atoms. The van der Waals surface area contributed by atoms with Gasteiger partial charge < -0.3 is 9.64 Å². The third-order valence-corrected chi connectivity index (χ3v) is 3.50. The second kappa shape index (κ2) is 6.65. The number of hydrogen-bond donors (Lipinski definition) is 0. The van der Waals surface area contributed by atoms with E-state index in [4.69, 9.17) is 33.2 Å². The van der Waals surface area contributed by atoms with E-state index in [2.05, 4.69) is 0 Å². The highest BCUT2D eigenvalue weighted by Crippen LogP contribution is 2.33. The first-order valence-corrected chi connectivity index (χ1v) is 6.37. The number of rotatable bonds is 4. The number of hydrogen-bond acceptors (Lipinski definition) is 3. The van der Waals surface area contributed by atoms with Crippen LogP contribution in [-0.4, -0.2) is 30.5 Å². The van der Waals surface area contributed by atoms with Crippen molar-refractivity contribution in [2.24, 2.45) is 0 Å². The van der Waals surface area contributed by atoms with Crippen molar-refractivity contribution in [1.82, 2.24) is 4.90 Å². The van der Waals surface area contributed by atoms with Crippen LogP contribution < -0.4 is 4.74 Å². The maximum absolute atomic E-state index is 11.9. The maximum atomic E-state index is 11.9. The molecule has 0 N–H and O–H groups in total. The molecule has 0 bridgehead atoms. The number of carbonyl (C=O) groups excluding carboxylic acids is 1. The highest BCUT2D eigenvalue weighted by molar-refractivity contribution is 6.36. The first-order chi connectivity index (χ1) is 8.88. The minimum Gasteiger partial charge on any atom is -0.479 e. The SMILES string of the molecule is Cc1c(Cl)ccc(OC(C)C(=O)N(C)CC#N)c1Cl. The largest absolute Gasteiger partial charge is 0.479 e. The molecule has 0 saturated heterocycles. The van der Waals surface area contributed by atoms with E-state index >= 15 is 0 Å². The van der Waals surface area contributed by atoms with Gasteiger partial charge in [0.1, 0.15) is 12.3 Å². The van der Waals surface area contributed by atoms with Crippen LogP contribution >= 0.6 is 23.2 Å². The highest BCUT2D eigenvalue weighted by Gasteiger charge is 2.20. The molecule has 0 spiro atoms. The van der Waals surface area contributed by atoms with Crippen molar-refractivity contribution in [2.75, 3.05) is 13.6 Å². The van der Waals surface area contributed by atoms with Crippen molar-refractivity contribution in [2.45, 2.75) is 20.0 Å². The van der Waals surface area contributed by atoms with Gasteiger partial charge in [-0.15, -0.1) is 0 Å². The Morgan fingerprint density at radius 1 is 1.53 bits per heavy atom. The lowest BCUT2D eigenvalue weighted by molar-refractivity contribution is -0.136. The second-order valence-electron chi connectivity index (χ2n) is 4.10. The molecule has 1 rings (SSSR count). The molecular formula is C13H14Cl2N2O2. The number of carbonyl (C=O) groups is 1. The van der Waals surface area contributed by atoms with Gasteiger partial charge in [0.25, 0.3) is 5.91 Å². The van der Waals surface area contributed by atoms with Gasteiger partial charge in [0.2, 0.25) is 0 Å². The Kier molecular flexibility index (Phi) is 5.46. The molecule has 6 heteroatoms. The predicted molar refractivity (Wildman–Crippen MR) is 74.5 cm³/mol. The zero-order valence-electron chi connectivity index (χ0n) is 10.9. The number of benzene rings is 1. The number of ether oxygens (including phenoxy) is 1. The standard InChI is InChI=1S/C13H14Cl2N2O2/c1-8-10(14)4-5-11(12(8)15)19-9(2)13(18)17(3)7-6-16/h4-5,9H,7H2,1-3H3. The summed E-state index contributed by atoms with van der Waals surface area (Å²) in [5, 5.41) is 9.47. The van der Waals surface area contributed by atoms with E-state index in [-0.39, 0.29) is 12.5 Å². The smallest absolute Gasteiger partial charge is 0.263 e. The van der Waals surface area contributed by atoms with Crippen LogP contribution in [-0.2, 0) is 4.79 Å². The van der Waals surface area contributed by atoms with Gasteiger partial charge in [0.05, 0.1) is 11.1 Å². The molecule has 0 aromatic heterocycles. The van der Waals surface area contributed by atoms with E-state index in [9.17, 15) is 4.79 Å². The van der Waals surface area contributed by atoms with Crippen LogP contribution in [0.1, 0.15) is 12.5 Å². The van der Waals surface area contributed by atoms with Gasteiger partial charge in [0, 0.05) is 12.1 Å². The van der Waals surface area contributed by atoms with Crippen molar-refractivity contribution in [3.8, 4) is 11.8 Å². The summed E-state index contributed by atoms with van der Waals surface area (Å²) >= 11 is 12.0. The molecule has 0 saturated carbocycles. The van der Waals surface area contributed by atoms with E-state index in [1.54, 1.807) is 33.0 Å². The van der Waals surface area contributed by atoms with Gasteiger partial charge >= 0.3 is 0 Å². The van der Waals surface area contributed by atoms with Crippen LogP contribution in [0.15, 0.2) is 12.1 Å². The summed E-state index contributed by atoms with van der Waals surface area (Å²) in [5.74, 6) is 0.111. The predicted octanol–water partition coefficient (Wildman–Crippen LogP) is 3.05. The lowest BCUT2D eigenvalue weighted by atomic mass is 10.2. The van der Waals surface area contributed by atoms with Crippen LogP contribution in [0.3, 0.4) is 0 Å². The Hall–Kier alpha value is -1.44. The Morgan fingerprint density at radius 2 is 2.16 bits per heavy atom. The Balaban J connectivity index is 2.83. The number of amides is 1. The number of nitriles is 1. The first kappa shape index (κ1) is 15.6. The van der Waals surface area contributed by atoms with Crippen molar-refractivity contribution < 1.29 is 9.53 Å². The van der Waals surface area contributed by atoms with Crippen LogP contribution in [0.25, 0.3) is 0 Å². The Bertz CT molecular complexity index is 526. The van der Waals surface area contributed by atoms with E-state index in [0.29, 0.717) is 21.4 Å². The fourth-order valence-corrected chi connectivity index (χ4v) is 1.88. The van der Waals surface area contributed by atoms with E-state index in [1.165, 1.54) is 4.90 Å². The normalized spacial score (nSPS) is 11.6. The summed E-state index contributed by atoms with van der Waals surface area (Å²) in [7, 11) is 1.54. The Labute approximate surface area is 122 Å². The lowest BCUT2D eigenvalue weighted by Crippen LogP contribution is -2.38. The van der Waals surface area contributed by atoms with Gasteiger partial charge in [-0.2, -0.15) is 5.26 Å². The van der Waals surface area contributed by atoms with E-state index in [0.717, 1.165) is 0 Å². The van der Waals surface area contributed by atoms with Gasteiger partial charge in [-0.1, -0.05) is 23.2 Å². The minimum atomic E-state index is -0.726. The van der Waals surface area contributed by atoms with Crippen LogP contribution in [0.2, 0.25) is 10.0 Å². The summed E-state index contributed by atoms with van der Waals surface area (Å²) in [6.45, 7) is 3.39. The molecule has 0 aliphatic carbocycles. The molecule has 1 atom stereocenters. The molecular weight excluding hydrogens is 287 g/mol. The summed E-state index contributed by atoms with van der Waals surface area (Å²) in [6, 6.07) is 5.18. The van der Waals surface area contributed by atoms with Crippen molar-refractivity contribution in [3.63, 3.8) is 0 Å². The molecule has 0 heterocycles. The van der Waals surface area contributed by atoms with Crippen LogP contribution in [0, 0.1) is 18.3 Å². The number of halogens is 2. The molecule has 1 unspecified atom stereocenters. The van der Waals surface area contributed by atoms with Crippen LogP contribution in [0.5, 0.6) is 5.75 Å². The summed E-state index contributed by atoms with van der Waals surface area (Å²) < 4.78 is 5.52. The molecule has 1 aromatic carbocycles. The molecule has 0 aliphatic rings. The quantitative estimate of drug-likeness (QED) is 0.803. The third-order valence-electron chi connectivity index (χ3n) is 2.62. The Morgan fingerprint density at radius 3 is 2.74 bits per heavy atom. The third kappa shape index (κ3) is 3.76. The number of nitrogens with zero attached hydrogens (tertiary/aromatic N) is 2. The molecule has 1 amide bonds. The van der Waals surface area contributed by atoms with Gasteiger partial charge in [-0.05, 0) is 31.5 Å². The maximum Gasteiger partial charge on any atom is 0.263 e. The van der Waals surface area contributed by atoms with Gasteiger partial charge in [-0.3, -0.25) is 4.79 Å². The molecule has 0 radical (unpaired) electrons. The minimum absolute atomic E-state index is 0.0138. The fourth-order valence-electron chi connectivity index (χ4n) is 1.46. The van der Waals surface area contributed by atoms with Crippen LogP contribution in [0.4, 0.5) is 0 Å². The van der Waals surface area contributed by atoms with E-state index < -0.39 is 6.10 Å². The average molecular weight is 301 g/mol.